The molecule has 0 aliphatic rings. The highest BCUT2D eigenvalue weighted by molar-refractivity contribution is 7.99. The van der Waals surface area contributed by atoms with E-state index in [0.29, 0.717) is 24.5 Å². The van der Waals surface area contributed by atoms with Crippen molar-refractivity contribution in [3.05, 3.63) is 59.4 Å². The second kappa shape index (κ2) is 9.34. The first-order valence-electron chi connectivity index (χ1n) is 10.0. The van der Waals surface area contributed by atoms with Gasteiger partial charge in [0.15, 0.2) is 10.9 Å². The highest BCUT2D eigenvalue weighted by Gasteiger charge is 2.18. The SMILES string of the molecule is C=CCn1c(C)cc(C(=O)CSc2nc3cc(C(=O)OCC)ccc3n2CC)c1C. The van der Waals surface area contributed by atoms with Crippen LogP contribution in [-0.2, 0) is 17.8 Å². The lowest BCUT2D eigenvalue weighted by atomic mass is 10.2. The molecule has 0 spiro atoms. The fraction of sp³-hybridized carbons (Fsp3) is 0.348. The lowest BCUT2D eigenvalue weighted by Gasteiger charge is -2.07. The Balaban J connectivity index is 1.83. The number of fused-ring (bicyclic) bond motifs is 1. The summed E-state index contributed by atoms with van der Waals surface area (Å²) < 4.78 is 9.22. The fourth-order valence-corrected chi connectivity index (χ4v) is 4.53. The number of hydrogen-bond donors (Lipinski definition) is 0. The van der Waals surface area contributed by atoms with E-state index in [-0.39, 0.29) is 11.8 Å². The molecule has 158 valence electrons. The second-order valence-electron chi connectivity index (χ2n) is 6.96. The summed E-state index contributed by atoms with van der Waals surface area (Å²) in [7, 11) is 0. The predicted octanol–water partition coefficient (Wildman–Crippen LogP) is 4.81. The fourth-order valence-electron chi connectivity index (χ4n) is 3.57. The van der Waals surface area contributed by atoms with E-state index < -0.39 is 0 Å². The maximum Gasteiger partial charge on any atom is 0.338 e. The molecule has 2 aromatic heterocycles. The summed E-state index contributed by atoms with van der Waals surface area (Å²) in [4.78, 5) is 29.6. The molecule has 30 heavy (non-hydrogen) atoms. The lowest BCUT2D eigenvalue weighted by Crippen LogP contribution is -2.07. The van der Waals surface area contributed by atoms with Gasteiger partial charge in [0.2, 0.25) is 0 Å². The van der Waals surface area contributed by atoms with Crippen molar-refractivity contribution in [3.63, 3.8) is 0 Å². The van der Waals surface area contributed by atoms with Gasteiger partial charge in [-0.3, -0.25) is 4.79 Å². The van der Waals surface area contributed by atoms with Gasteiger partial charge in [0.25, 0.3) is 0 Å². The molecule has 3 aromatic rings. The van der Waals surface area contributed by atoms with Crippen LogP contribution in [0.1, 0.15) is 46.0 Å². The van der Waals surface area contributed by atoms with Gasteiger partial charge in [-0.15, -0.1) is 6.58 Å². The highest BCUT2D eigenvalue weighted by atomic mass is 32.2. The largest absolute Gasteiger partial charge is 0.462 e. The van der Waals surface area contributed by atoms with Crippen LogP contribution in [0, 0.1) is 13.8 Å². The number of ether oxygens (including phenoxy) is 1. The number of nitrogens with zero attached hydrogens (tertiary/aromatic N) is 3. The topological polar surface area (TPSA) is 66.1 Å². The number of thioether (sulfide) groups is 1. The maximum atomic E-state index is 12.9. The van der Waals surface area contributed by atoms with Gasteiger partial charge in [0.05, 0.1) is 29.0 Å². The molecule has 0 unspecified atom stereocenters. The number of hydrogen-bond acceptors (Lipinski definition) is 5. The quantitative estimate of drug-likeness (QED) is 0.213. The summed E-state index contributed by atoms with van der Waals surface area (Å²) in [6.45, 7) is 13.3. The van der Waals surface area contributed by atoms with Crippen LogP contribution >= 0.6 is 11.8 Å². The third-order valence-electron chi connectivity index (χ3n) is 5.06. The summed E-state index contributed by atoms with van der Waals surface area (Å²) in [5.74, 6) is 0.0157. The van der Waals surface area contributed by atoms with Gasteiger partial charge in [-0.25, -0.2) is 9.78 Å². The Morgan fingerprint density at radius 2 is 1.97 bits per heavy atom. The molecule has 0 radical (unpaired) electrons. The van der Waals surface area contributed by atoms with Gasteiger partial charge < -0.3 is 13.9 Å². The Morgan fingerprint density at radius 3 is 2.63 bits per heavy atom. The standard InChI is InChI=1S/C23H27N3O3S/c1-6-11-26-15(4)12-18(16(26)5)21(27)14-30-23-24-19-13-17(22(28)29-8-3)9-10-20(19)25(23)7-2/h6,9-10,12-13H,1,7-8,11,14H2,2-5H3. The highest BCUT2D eigenvalue weighted by Crippen LogP contribution is 2.27. The van der Waals surface area contributed by atoms with E-state index in [2.05, 4.69) is 20.7 Å². The van der Waals surface area contributed by atoms with Gasteiger partial charge in [-0.05, 0) is 52.0 Å². The normalized spacial score (nSPS) is 11.1. The number of aryl methyl sites for hydroxylation is 2. The summed E-state index contributed by atoms with van der Waals surface area (Å²) in [5, 5.41) is 0.766. The molecule has 0 bridgehead atoms. The minimum atomic E-state index is -0.357. The van der Waals surface area contributed by atoms with Gasteiger partial charge >= 0.3 is 5.97 Å². The Kier molecular flexibility index (Phi) is 6.82. The summed E-state index contributed by atoms with van der Waals surface area (Å²) in [6, 6.07) is 7.32. The van der Waals surface area contributed by atoms with Crippen LogP contribution in [0.2, 0.25) is 0 Å². The van der Waals surface area contributed by atoms with Crippen LogP contribution in [0.4, 0.5) is 0 Å². The van der Waals surface area contributed by atoms with Crippen molar-refractivity contribution in [3.8, 4) is 0 Å². The van der Waals surface area contributed by atoms with Crippen LogP contribution in [0.15, 0.2) is 42.1 Å². The second-order valence-corrected chi connectivity index (χ2v) is 7.90. The van der Waals surface area contributed by atoms with Gasteiger partial charge in [0.1, 0.15) is 0 Å². The van der Waals surface area contributed by atoms with Crippen molar-refractivity contribution >= 4 is 34.5 Å². The number of carbonyl (C=O) groups is 2. The minimum absolute atomic E-state index is 0.0744. The van der Waals surface area contributed by atoms with Crippen molar-refractivity contribution < 1.29 is 14.3 Å². The Bertz CT molecular complexity index is 1110. The molecule has 0 saturated heterocycles. The van der Waals surface area contributed by atoms with Crippen molar-refractivity contribution in [2.75, 3.05) is 12.4 Å². The van der Waals surface area contributed by atoms with E-state index in [1.165, 1.54) is 11.8 Å². The molecule has 0 N–H and O–H groups in total. The van der Waals surface area contributed by atoms with Gasteiger partial charge in [-0.2, -0.15) is 0 Å². The van der Waals surface area contributed by atoms with E-state index in [1.54, 1.807) is 19.1 Å². The Labute approximate surface area is 180 Å². The number of imidazole rings is 1. The van der Waals surface area contributed by atoms with Gasteiger partial charge in [0, 0.05) is 30.0 Å². The number of benzene rings is 1. The zero-order valence-corrected chi connectivity index (χ0v) is 18.7. The van der Waals surface area contributed by atoms with Crippen molar-refractivity contribution in [2.24, 2.45) is 0 Å². The summed E-state index contributed by atoms with van der Waals surface area (Å²) in [5.41, 5.74) is 4.89. The van der Waals surface area contributed by atoms with Crippen molar-refractivity contribution in [1.82, 2.24) is 14.1 Å². The Morgan fingerprint density at radius 1 is 1.20 bits per heavy atom. The van der Waals surface area contributed by atoms with E-state index in [0.717, 1.165) is 39.7 Å². The van der Waals surface area contributed by atoms with E-state index in [1.807, 2.05) is 39.0 Å². The molecule has 0 aliphatic carbocycles. The monoisotopic (exact) mass is 425 g/mol. The number of rotatable bonds is 9. The van der Waals surface area contributed by atoms with E-state index in [9.17, 15) is 9.59 Å². The lowest BCUT2D eigenvalue weighted by molar-refractivity contribution is 0.0526. The third-order valence-corrected chi connectivity index (χ3v) is 6.04. The van der Waals surface area contributed by atoms with Crippen LogP contribution in [0.3, 0.4) is 0 Å². The molecule has 0 aliphatic heterocycles. The minimum Gasteiger partial charge on any atom is -0.462 e. The number of Topliss-reactive ketones (excluding diaryl/α,β-unsaturated/α-hetero) is 1. The van der Waals surface area contributed by atoms with Crippen LogP contribution < -0.4 is 0 Å². The molecule has 1 aromatic carbocycles. The summed E-state index contributed by atoms with van der Waals surface area (Å²) >= 11 is 1.42. The van der Waals surface area contributed by atoms with Crippen molar-refractivity contribution in [1.29, 1.82) is 0 Å². The average Bonchev–Trinajstić information content (AvgIpc) is 3.23. The van der Waals surface area contributed by atoms with Gasteiger partial charge in [-0.1, -0.05) is 17.8 Å². The number of carbonyl (C=O) groups excluding carboxylic acids is 2. The summed E-state index contributed by atoms with van der Waals surface area (Å²) in [6.07, 6.45) is 1.83. The van der Waals surface area contributed by atoms with Crippen molar-refractivity contribution in [2.45, 2.75) is 45.9 Å². The van der Waals surface area contributed by atoms with E-state index >= 15 is 0 Å². The van der Waals surface area contributed by atoms with Crippen LogP contribution in [-0.4, -0.2) is 38.2 Å². The first kappa shape index (κ1) is 21.9. The zero-order valence-electron chi connectivity index (χ0n) is 17.9. The van der Waals surface area contributed by atoms with Crippen LogP contribution in [0.25, 0.3) is 11.0 Å². The molecule has 0 atom stereocenters. The van der Waals surface area contributed by atoms with Crippen LogP contribution in [0.5, 0.6) is 0 Å². The van der Waals surface area contributed by atoms with E-state index in [4.69, 9.17) is 4.74 Å². The molecule has 2 heterocycles. The smallest absolute Gasteiger partial charge is 0.338 e. The molecular formula is C23H27N3O3S. The average molecular weight is 426 g/mol. The first-order valence-corrected chi connectivity index (χ1v) is 11.0. The Hall–Kier alpha value is -2.80. The number of ketones is 1. The molecule has 6 nitrogen and oxygen atoms in total. The number of allylic oxidation sites excluding steroid dienone is 1. The maximum absolute atomic E-state index is 12.9. The third kappa shape index (κ3) is 4.21. The molecule has 3 rings (SSSR count). The molecule has 7 heteroatoms. The first-order chi connectivity index (χ1) is 14.4. The molecule has 0 saturated carbocycles. The number of aromatic nitrogens is 3. The molecule has 0 fully saturated rings. The molecular weight excluding hydrogens is 398 g/mol. The zero-order chi connectivity index (χ0) is 21.8. The molecule has 0 amide bonds. The number of esters is 1. The predicted molar refractivity (Wildman–Crippen MR) is 121 cm³/mol.